The number of carbonyl (C=O) groups is 1. The zero-order valence-electron chi connectivity index (χ0n) is 12.5. The minimum absolute atomic E-state index is 0.0807. The summed E-state index contributed by atoms with van der Waals surface area (Å²) in [6.45, 7) is 0. The molecule has 6 nitrogen and oxygen atoms in total. The Kier molecular flexibility index (Phi) is 4.14. The number of carbonyl (C=O) groups excluding carboxylic acids is 1. The Hall–Kier alpha value is -3.36. The molecule has 0 atom stereocenters. The molecule has 126 valence electrons. The van der Waals surface area contributed by atoms with Crippen LogP contribution in [0.25, 0.3) is 22.6 Å². The number of hydrogen-bond donors (Lipinski definition) is 1. The number of nitrogens with two attached hydrogens (primary N) is 1. The molecule has 0 aliphatic carbocycles. The van der Waals surface area contributed by atoms with Gasteiger partial charge in [0.05, 0.1) is 22.6 Å². The number of alkyl halides is 3. The molecule has 2 heterocycles. The average Bonchev–Trinajstić information content (AvgIpc) is 2.61. The first-order valence-electron chi connectivity index (χ1n) is 6.98. The van der Waals surface area contributed by atoms with Gasteiger partial charge in [0, 0.05) is 11.8 Å². The molecule has 3 rings (SSSR count). The molecule has 0 fully saturated rings. The summed E-state index contributed by atoms with van der Waals surface area (Å²) in [6.07, 6.45) is -2.08. The Morgan fingerprint density at radius 1 is 0.960 bits per heavy atom. The molecule has 2 N–H and O–H groups in total. The topological polar surface area (TPSA) is 94.7 Å². The molecule has 1 amide bonds. The second-order valence-corrected chi connectivity index (χ2v) is 4.96. The summed E-state index contributed by atoms with van der Waals surface area (Å²) in [4.78, 5) is 26.7. The molecule has 0 saturated heterocycles. The Morgan fingerprint density at radius 3 is 2.40 bits per heavy atom. The third kappa shape index (κ3) is 3.44. The van der Waals surface area contributed by atoms with E-state index >= 15 is 0 Å². The van der Waals surface area contributed by atoms with Gasteiger partial charge in [0.25, 0.3) is 5.91 Å². The maximum Gasteiger partial charge on any atom is 0.417 e. The highest BCUT2D eigenvalue weighted by Crippen LogP contribution is 2.36. The van der Waals surface area contributed by atoms with E-state index in [9.17, 15) is 18.0 Å². The van der Waals surface area contributed by atoms with Crippen molar-refractivity contribution in [2.75, 3.05) is 0 Å². The van der Waals surface area contributed by atoms with Gasteiger partial charge in [0.2, 0.25) is 5.82 Å². The van der Waals surface area contributed by atoms with Gasteiger partial charge >= 0.3 is 6.18 Å². The largest absolute Gasteiger partial charge is 0.417 e. The fourth-order valence-corrected chi connectivity index (χ4v) is 2.22. The van der Waals surface area contributed by atoms with Gasteiger partial charge < -0.3 is 5.73 Å². The number of halogens is 3. The zero-order chi connectivity index (χ0) is 18.0. The van der Waals surface area contributed by atoms with Crippen molar-refractivity contribution in [3.05, 3.63) is 60.3 Å². The maximum absolute atomic E-state index is 13.2. The summed E-state index contributed by atoms with van der Waals surface area (Å²) in [5.74, 6) is -1.04. The van der Waals surface area contributed by atoms with Gasteiger partial charge in [-0.05, 0) is 18.2 Å². The number of benzene rings is 1. The van der Waals surface area contributed by atoms with Crippen molar-refractivity contribution < 1.29 is 18.0 Å². The van der Waals surface area contributed by atoms with Crippen molar-refractivity contribution in [3.8, 4) is 22.6 Å². The molecule has 1 aromatic carbocycles. The molecule has 0 radical (unpaired) electrons. The van der Waals surface area contributed by atoms with E-state index in [0.29, 0.717) is 0 Å². The van der Waals surface area contributed by atoms with Gasteiger partial charge in [-0.3, -0.25) is 4.79 Å². The molecule has 0 bridgehead atoms. The van der Waals surface area contributed by atoms with Crippen LogP contribution in [0.1, 0.15) is 16.2 Å². The smallest absolute Gasteiger partial charge is 0.363 e. The first-order valence-corrected chi connectivity index (χ1v) is 6.98. The zero-order valence-corrected chi connectivity index (χ0v) is 12.5. The minimum atomic E-state index is -4.52. The van der Waals surface area contributed by atoms with Crippen LogP contribution in [0.5, 0.6) is 0 Å². The number of nitrogens with zero attached hydrogens (tertiary/aromatic N) is 4. The fourth-order valence-electron chi connectivity index (χ4n) is 2.22. The van der Waals surface area contributed by atoms with E-state index in [0.717, 1.165) is 12.4 Å². The van der Waals surface area contributed by atoms with E-state index in [2.05, 4.69) is 19.9 Å². The third-order valence-corrected chi connectivity index (χ3v) is 3.31. The van der Waals surface area contributed by atoms with Crippen molar-refractivity contribution in [2.45, 2.75) is 6.18 Å². The first kappa shape index (κ1) is 16.5. The molecule has 0 aliphatic heterocycles. The van der Waals surface area contributed by atoms with Crippen molar-refractivity contribution >= 4 is 5.91 Å². The van der Waals surface area contributed by atoms with Crippen LogP contribution in [0.4, 0.5) is 13.2 Å². The van der Waals surface area contributed by atoms with E-state index < -0.39 is 17.6 Å². The molecule has 2 aromatic heterocycles. The number of amides is 1. The van der Waals surface area contributed by atoms with E-state index in [1.54, 1.807) is 0 Å². The van der Waals surface area contributed by atoms with Crippen LogP contribution in [0.3, 0.4) is 0 Å². The van der Waals surface area contributed by atoms with Crippen LogP contribution in [-0.4, -0.2) is 25.8 Å². The first-order chi connectivity index (χ1) is 11.9. The molecule has 9 heteroatoms. The molecular formula is C16H10F3N5O. The summed E-state index contributed by atoms with van der Waals surface area (Å²) in [7, 11) is 0. The molecule has 0 saturated carbocycles. The van der Waals surface area contributed by atoms with Crippen molar-refractivity contribution in [2.24, 2.45) is 5.73 Å². The lowest BCUT2D eigenvalue weighted by molar-refractivity contribution is -0.137. The lowest BCUT2D eigenvalue weighted by Crippen LogP contribution is -2.15. The lowest BCUT2D eigenvalue weighted by Gasteiger charge is -2.12. The summed E-state index contributed by atoms with van der Waals surface area (Å²) >= 11 is 0. The summed E-state index contributed by atoms with van der Waals surface area (Å²) < 4.78 is 39.6. The van der Waals surface area contributed by atoms with Crippen LogP contribution in [0.2, 0.25) is 0 Å². The average molecular weight is 345 g/mol. The molecular weight excluding hydrogens is 335 g/mol. The highest BCUT2D eigenvalue weighted by molar-refractivity contribution is 5.89. The van der Waals surface area contributed by atoms with Crippen LogP contribution in [-0.2, 0) is 6.18 Å². The predicted octanol–water partition coefficient (Wildman–Crippen LogP) is 2.72. The van der Waals surface area contributed by atoms with Crippen molar-refractivity contribution in [1.82, 2.24) is 19.9 Å². The monoisotopic (exact) mass is 345 g/mol. The Morgan fingerprint density at radius 2 is 1.68 bits per heavy atom. The van der Waals surface area contributed by atoms with Crippen LogP contribution < -0.4 is 5.73 Å². The normalized spacial score (nSPS) is 11.3. The van der Waals surface area contributed by atoms with Gasteiger partial charge in [-0.15, -0.1) is 0 Å². The third-order valence-electron chi connectivity index (χ3n) is 3.31. The second kappa shape index (κ2) is 6.27. The van der Waals surface area contributed by atoms with Crippen LogP contribution >= 0.6 is 0 Å². The second-order valence-electron chi connectivity index (χ2n) is 4.96. The Balaban J connectivity index is 2.10. The Bertz CT molecular complexity index is 943. The standard InChI is InChI=1S/C16H10F3N5O/c17-16(18,19)10-4-2-1-3-9(10)12-7-13(23-8-22-12)11-5-6-21-15(24-11)14(20)25/h1-8H,(H2,20,25). The van der Waals surface area contributed by atoms with Gasteiger partial charge in [-0.25, -0.2) is 19.9 Å². The summed E-state index contributed by atoms with van der Waals surface area (Å²) in [5.41, 5.74) is 4.81. The number of aromatic nitrogens is 4. The molecule has 0 unspecified atom stereocenters. The highest BCUT2D eigenvalue weighted by Gasteiger charge is 2.33. The maximum atomic E-state index is 13.2. The number of hydrogen-bond acceptors (Lipinski definition) is 5. The van der Waals surface area contributed by atoms with Crippen molar-refractivity contribution in [1.29, 1.82) is 0 Å². The van der Waals surface area contributed by atoms with E-state index in [1.807, 2.05) is 0 Å². The highest BCUT2D eigenvalue weighted by atomic mass is 19.4. The van der Waals surface area contributed by atoms with Gasteiger partial charge in [-0.2, -0.15) is 13.2 Å². The SMILES string of the molecule is NC(=O)c1nccc(-c2cc(-c3ccccc3C(F)(F)F)ncn2)n1. The van der Waals surface area contributed by atoms with E-state index in [1.165, 1.54) is 36.5 Å². The minimum Gasteiger partial charge on any atom is -0.363 e. The molecule has 3 aromatic rings. The molecule has 25 heavy (non-hydrogen) atoms. The molecule has 0 spiro atoms. The van der Waals surface area contributed by atoms with E-state index in [4.69, 9.17) is 5.73 Å². The number of rotatable bonds is 3. The van der Waals surface area contributed by atoms with Crippen LogP contribution in [0.15, 0.2) is 48.9 Å². The fraction of sp³-hybridized carbons (Fsp3) is 0.0625. The van der Waals surface area contributed by atoms with Gasteiger partial charge in [0.15, 0.2) is 0 Å². The number of primary amides is 1. The van der Waals surface area contributed by atoms with E-state index in [-0.39, 0.29) is 28.5 Å². The summed E-state index contributed by atoms with van der Waals surface area (Å²) in [5, 5.41) is 0. The van der Waals surface area contributed by atoms with Crippen LogP contribution in [0, 0.1) is 0 Å². The molecule has 0 aliphatic rings. The van der Waals surface area contributed by atoms with Crippen molar-refractivity contribution in [3.63, 3.8) is 0 Å². The predicted molar refractivity (Wildman–Crippen MR) is 82.0 cm³/mol. The van der Waals surface area contributed by atoms with Gasteiger partial charge in [0.1, 0.15) is 6.33 Å². The van der Waals surface area contributed by atoms with Gasteiger partial charge in [-0.1, -0.05) is 18.2 Å². The lowest BCUT2D eigenvalue weighted by atomic mass is 10.0. The summed E-state index contributed by atoms with van der Waals surface area (Å²) in [6, 6.07) is 7.92. The Labute approximate surface area is 139 Å². The quantitative estimate of drug-likeness (QED) is 0.787.